The van der Waals surface area contributed by atoms with Gasteiger partial charge in [-0.05, 0) is 68.0 Å². The van der Waals surface area contributed by atoms with Gasteiger partial charge in [-0.2, -0.15) is 0 Å². The van der Waals surface area contributed by atoms with Gasteiger partial charge in [0.15, 0.2) is 0 Å². The number of hydrogen-bond donors (Lipinski definition) is 1. The summed E-state index contributed by atoms with van der Waals surface area (Å²) in [5.74, 6) is 0. The predicted molar refractivity (Wildman–Crippen MR) is 158 cm³/mol. The summed E-state index contributed by atoms with van der Waals surface area (Å²) in [7, 11) is -3.72. The molecule has 0 spiro atoms. The van der Waals surface area contributed by atoms with E-state index in [-0.39, 0.29) is 4.90 Å². The highest BCUT2D eigenvalue weighted by atomic mass is 32.2. The Labute approximate surface area is 236 Å². The number of rotatable bonds is 23. The third-order valence-electron chi connectivity index (χ3n) is 6.35. The molecule has 39 heavy (non-hydrogen) atoms. The molecule has 0 unspecified atom stereocenters. The van der Waals surface area contributed by atoms with Crippen LogP contribution in [0.2, 0.25) is 0 Å². The highest BCUT2D eigenvalue weighted by Gasteiger charge is 2.16. The summed E-state index contributed by atoms with van der Waals surface area (Å²) in [6.07, 6.45) is 8.18. The molecule has 0 bridgehead atoms. The van der Waals surface area contributed by atoms with Crippen LogP contribution in [0.5, 0.6) is 0 Å². The molecule has 2 aromatic carbocycles. The first-order chi connectivity index (χ1) is 19.0. The Bertz CT molecular complexity index is 1010. The van der Waals surface area contributed by atoms with Crippen molar-refractivity contribution in [1.29, 1.82) is 0 Å². The fraction of sp³-hybridized carbons (Fsp3) is 0.613. The average Bonchev–Trinajstić information content (AvgIpc) is 2.93. The van der Waals surface area contributed by atoms with E-state index >= 15 is 0 Å². The van der Waals surface area contributed by atoms with Gasteiger partial charge in [-0.15, -0.1) is 0 Å². The summed E-state index contributed by atoms with van der Waals surface area (Å²) < 4.78 is 51.7. The summed E-state index contributed by atoms with van der Waals surface area (Å²) in [6.45, 7) is 11.1. The van der Waals surface area contributed by atoms with Gasteiger partial charge in [-0.25, -0.2) is 8.42 Å². The Morgan fingerprint density at radius 3 is 1.67 bits per heavy atom. The predicted octanol–water partition coefficient (Wildman–Crippen LogP) is 6.33. The zero-order chi connectivity index (χ0) is 28.2. The van der Waals surface area contributed by atoms with E-state index in [4.69, 9.17) is 18.9 Å². The van der Waals surface area contributed by atoms with Gasteiger partial charge in [0, 0.05) is 18.9 Å². The molecule has 0 aliphatic heterocycles. The van der Waals surface area contributed by atoms with Gasteiger partial charge in [-0.3, -0.25) is 4.72 Å². The van der Waals surface area contributed by atoms with Crippen molar-refractivity contribution >= 4 is 15.7 Å². The van der Waals surface area contributed by atoms with Crippen LogP contribution in [-0.4, -0.2) is 61.3 Å². The number of sulfonamides is 1. The van der Waals surface area contributed by atoms with E-state index < -0.39 is 10.0 Å². The minimum Gasteiger partial charge on any atom is -0.379 e. The first kappa shape index (κ1) is 33.2. The number of nitrogens with one attached hydrogen (secondary N) is 1. The van der Waals surface area contributed by atoms with Crippen LogP contribution >= 0.6 is 0 Å². The smallest absolute Gasteiger partial charge is 0.261 e. The second-order valence-electron chi connectivity index (χ2n) is 9.77. The lowest BCUT2D eigenvalue weighted by Crippen LogP contribution is -2.15. The van der Waals surface area contributed by atoms with Gasteiger partial charge >= 0.3 is 0 Å². The van der Waals surface area contributed by atoms with Gasteiger partial charge in [0.05, 0.1) is 44.5 Å². The van der Waals surface area contributed by atoms with E-state index in [1.54, 1.807) is 24.3 Å². The largest absolute Gasteiger partial charge is 0.379 e. The number of anilines is 1. The van der Waals surface area contributed by atoms with Crippen LogP contribution in [0.1, 0.15) is 69.1 Å². The molecule has 0 saturated carbocycles. The molecular weight excluding hydrogens is 514 g/mol. The molecule has 0 radical (unpaired) electrons. The molecule has 0 fully saturated rings. The average molecular weight is 564 g/mol. The molecule has 0 atom stereocenters. The van der Waals surface area contributed by atoms with Crippen molar-refractivity contribution in [2.75, 3.05) is 57.6 Å². The lowest BCUT2D eigenvalue weighted by molar-refractivity contribution is 0.0463. The van der Waals surface area contributed by atoms with Gasteiger partial charge < -0.3 is 18.9 Å². The van der Waals surface area contributed by atoms with Crippen LogP contribution in [-0.2, 0) is 41.8 Å². The molecule has 0 saturated heterocycles. The fourth-order valence-electron chi connectivity index (χ4n) is 4.00. The maximum absolute atomic E-state index is 13.1. The molecular formula is C31H49NO6S. The Morgan fingerprint density at radius 1 is 0.615 bits per heavy atom. The zero-order valence-corrected chi connectivity index (χ0v) is 25.0. The van der Waals surface area contributed by atoms with Crippen LogP contribution in [0.25, 0.3) is 0 Å². The van der Waals surface area contributed by atoms with Gasteiger partial charge in [0.1, 0.15) is 0 Å². The molecule has 0 amide bonds. The molecule has 0 aliphatic carbocycles. The third-order valence-corrected chi connectivity index (χ3v) is 7.73. The van der Waals surface area contributed by atoms with Crippen molar-refractivity contribution in [3.8, 4) is 0 Å². The van der Waals surface area contributed by atoms with Crippen molar-refractivity contribution in [1.82, 2.24) is 0 Å². The minimum atomic E-state index is -3.72. The maximum atomic E-state index is 13.1. The molecule has 0 heterocycles. The van der Waals surface area contributed by atoms with E-state index in [1.807, 2.05) is 25.1 Å². The lowest BCUT2D eigenvalue weighted by Gasteiger charge is -2.14. The first-order valence-corrected chi connectivity index (χ1v) is 16.0. The fourth-order valence-corrected chi connectivity index (χ4v) is 5.11. The molecule has 0 aromatic heterocycles. The lowest BCUT2D eigenvalue weighted by atomic mass is 10.0. The van der Waals surface area contributed by atoms with Crippen LogP contribution in [0, 0.1) is 6.92 Å². The zero-order valence-electron chi connectivity index (χ0n) is 24.2. The quantitative estimate of drug-likeness (QED) is 0.159. The molecule has 2 aromatic rings. The van der Waals surface area contributed by atoms with E-state index in [0.717, 1.165) is 42.7 Å². The second-order valence-corrected chi connectivity index (χ2v) is 11.4. The number of benzene rings is 2. The number of ether oxygens (including phenoxy) is 4. The van der Waals surface area contributed by atoms with Gasteiger partial charge in [-0.1, -0.05) is 63.3 Å². The van der Waals surface area contributed by atoms with Crippen LogP contribution in [0.3, 0.4) is 0 Å². The minimum absolute atomic E-state index is 0.238. The summed E-state index contributed by atoms with van der Waals surface area (Å²) in [6, 6.07) is 12.6. The first-order valence-electron chi connectivity index (χ1n) is 14.5. The van der Waals surface area contributed by atoms with E-state index in [1.165, 1.54) is 25.7 Å². The molecule has 220 valence electrons. The Kier molecular flexibility index (Phi) is 17.0. The number of aryl methyl sites for hydroxylation is 1. The van der Waals surface area contributed by atoms with Crippen LogP contribution in [0.15, 0.2) is 47.4 Å². The SMILES string of the molecule is CCCCCOCCOCCc1ccc(S(=O)(=O)Nc2ccc(C)cc2)cc1CCOCCOCCCCC. The molecule has 2 rings (SSSR count). The van der Waals surface area contributed by atoms with E-state index in [2.05, 4.69) is 18.6 Å². The number of unbranched alkanes of at least 4 members (excludes halogenated alkanes) is 4. The summed E-state index contributed by atoms with van der Waals surface area (Å²) in [5, 5.41) is 0. The van der Waals surface area contributed by atoms with Gasteiger partial charge in [0.2, 0.25) is 0 Å². The highest BCUT2D eigenvalue weighted by molar-refractivity contribution is 7.92. The second kappa shape index (κ2) is 20.0. The highest BCUT2D eigenvalue weighted by Crippen LogP contribution is 2.21. The standard InChI is InChI=1S/C31H49NO6S/c1-4-6-8-18-35-22-24-37-20-16-28-12-15-31(39(33,34)32-30-13-10-27(3)11-14-30)26-29(28)17-21-38-25-23-36-19-9-7-5-2/h10-15,26,32H,4-9,16-25H2,1-3H3. The maximum Gasteiger partial charge on any atom is 0.261 e. The summed E-state index contributed by atoms with van der Waals surface area (Å²) >= 11 is 0. The molecule has 0 aliphatic rings. The van der Waals surface area contributed by atoms with Crippen LogP contribution in [0.4, 0.5) is 5.69 Å². The summed E-state index contributed by atoms with van der Waals surface area (Å²) in [5.41, 5.74) is 3.62. The van der Waals surface area contributed by atoms with Crippen molar-refractivity contribution in [2.24, 2.45) is 0 Å². The molecule has 1 N–H and O–H groups in total. The normalized spacial score (nSPS) is 11.7. The Morgan fingerprint density at radius 2 is 1.13 bits per heavy atom. The molecule has 8 heteroatoms. The van der Waals surface area contributed by atoms with Crippen molar-refractivity contribution < 1.29 is 27.4 Å². The monoisotopic (exact) mass is 563 g/mol. The third kappa shape index (κ3) is 14.3. The summed E-state index contributed by atoms with van der Waals surface area (Å²) in [4.78, 5) is 0.238. The molecule has 7 nitrogen and oxygen atoms in total. The van der Waals surface area contributed by atoms with E-state index in [9.17, 15) is 8.42 Å². The van der Waals surface area contributed by atoms with E-state index in [0.29, 0.717) is 58.2 Å². The van der Waals surface area contributed by atoms with Crippen LogP contribution < -0.4 is 4.72 Å². The van der Waals surface area contributed by atoms with Gasteiger partial charge in [0.25, 0.3) is 10.0 Å². The van der Waals surface area contributed by atoms with Crippen molar-refractivity contribution in [3.05, 3.63) is 59.2 Å². The van der Waals surface area contributed by atoms with Crippen molar-refractivity contribution in [2.45, 2.75) is 77.0 Å². The number of hydrogen-bond acceptors (Lipinski definition) is 6. The van der Waals surface area contributed by atoms with Crippen molar-refractivity contribution in [3.63, 3.8) is 0 Å². The Hall–Kier alpha value is -1.97. The Balaban J connectivity index is 1.93. The topological polar surface area (TPSA) is 83.1 Å².